The number of primary amides is 1. The number of fused-ring (bicyclic) bond motifs is 1. The molecule has 0 aliphatic rings. The maximum Gasteiger partial charge on any atom is 0.251 e. The number of aryl methyl sites for hydroxylation is 1. The SMILES string of the molecule is C#Cc1ccccc1-c1cc(C)nc(-c2nc3ncc(-c4ccc(C#N)cc4)cc3s2)c1C(N)=O. The Morgan fingerprint density at radius 2 is 1.80 bits per heavy atom. The summed E-state index contributed by atoms with van der Waals surface area (Å²) in [6.45, 7) is 1.85. The van der Waals surface area contributed by atoms with Crippen LogP contribution in [0.15, 0.2) is 66.9 Å². The van der Waals surface area contributed by atoms with E-state index in [0.717, 1.165) is 21.4 Å². The van der Waals surface area contributed by atoms with E-state index in [4.69, 9.17) is 17.4 Å². The molecule has 35 heavy (non-hydrogen) atoms. The normalized spacial score (nSPS) is 10.6. The lowest BCUT2D eigenvalue weighted by molar-refractivity contribution is 0.100. The summed E-state index contributed by atoms with van der Waals surface area (Å²) in [6, 6.07) is 20.6. The molecule has 2 aromatic carbocycles. The fourth-order valence-electron chi connectivity index (χ4n) is 3.95. The number of benzene rings is 2. The average molecular weight is 472 g/mol. The summed E-state index contributed by atoms with van der Waals surface area (Å²) in [5, 5.41) is 9.58. The lowest BCUT2D eigenvalue weighted by Crippen LogP contribution is -2.15. The van der Waals surface area contributed by atoms with Crippen LogP contribution in [0.1, 0.15) is 27.2 Å². The first kappa shape index (κ1) is 22.0. The Morgan fingerprint density at radius 1 is 1.03 bits per heavy atom. The number of thiazole rings is 1. The van der Waals surface area contributed by atoms with Gasteiger partial charge in [0.2, 0.25) is 0 Å². The number of pyridine rings is 2. The van der Waals surface area contributed by atoms with E-state index in [1.165, 1.54) is 11.3 Å². The van der Waals surface area contributed by atoms with Gasteiger partial charge >= 0.3 is 0 Å². The summed E-state index contributed by atoms with van der Waals surface area (Å²) in [7, 11) is 0. The van der Waals surface area contributed by atoms with Crippen molar-refractivity contribution >= 4 is 27.6 Å². The van der Waals surface area contributed by atoms with Crippen molar-refractivity contribution in [2.24, 2.45) is 5.73 Å². The standard InChI is InChI=1S/C28H17N5OS/c1-3-18-6-4-5-7-21(18)22-12-16(2)32-25(24(22)26(30)34)28-33-27-23(35-28)13-20(15-31-27)19-10-8-17(14-29)9-11-19/h1,4-13,15H,2H3,(H2,30,34). The Bertz CT molecular complexity index is 1700. The first-order valence-electron chi connectivity index (χ1n) is 10.6. The molecule has 3 aromatic heterocycles. The molecular formula is C28H17N5OS. The van der Waals surface area contributed by atoms with E-state index >= 15 is 0 Å². The van der Waals surface area contributed by atoms with Crippen molar-refractivity contribution in [3.63, 3.8) is 0 Å². The lowest BCUT2D eigenvalue weighted by atomic mass is 9.94. The van der Waals surface area contributed by atoms with Crippen LogP contribution in [0.4, 0.5) is 0 Å². The molecule has 0 fully saturated rings. The summed E-state index contributed by atoms with van der Waals surface area (Å²) in [6.07, 6.45) is 7.45. The Balaban J connectivity index is 1.68. The van der Waals surface area contributed by atoms with Crippen LogP contribution in [0.3, 0.4) is 0 Å². The molecule has 5 aromatic rings. The fourth-order valence-corrected chi connectivity index (χ4v) is 4.91. The van der Waals surface area contributed by atoms with E-state index in [2.05, 4.69) is 26.9 Å². The zero-order chi connectivity index (χ0) is 24.5. The highest BCUT2D eigenvalue weighted by molar-refractivity contribution is 7.21. The second kappa shape index (κ2) is 8.83. The molecule has 0 radical (unpaired) electrons. The third-order valence-corrected chi connectivity index (χ3v) is 6.56. The molecule has 3 heterocycles. The Hall–Kier alpha value is -4.85. The van der Waals surface area contributed by atoms with Gasteiger partial charge in [0.05, 0.1) is 21.9 Å². The number of carbonyl (C=O) groups excluding carboxylic acids is 1. The maximum absolute atomic E-state index is 12.7. The number of nitrogens with zero attached hydrogens (tertiary/aromatic N) is 4. The summed E-state index contributed by atoms with van der Waals surface area (Å²) in [5.41, 5.74) is 12.2. The third-order valence-electron chi connectivity index (χ3n) is 5.56. The number of carbonyl (C=O) groups is 1. The molecule has 2 N–H and O–H groups in total. The van der Waals surface area contributed by atoms with Gasteiger partial charge in [-0.15, -0.1) is 17.8 Å². The van der Waals surface area contributed by atoms with E-state index < -0.39 is 5.91 Å². The van der Waals surface area contributed by atoms with Crippen molar-refractivity contribution in [3.8, 4) is 51.4 Å². The zero-order valence-corrected chi connectivity index (χ0v) is 19.4. The molecule has 0 saturated heterocycles. The largest absolute Gasteiger partial charge is 0.366 e. The number of aromatic nitrogens is 3. The van der Waals surface area contributed by atoms with Crippen LogP contribution in [0, 0.1) is 30.6 Å². The highest BCUT2D eigenvalue weighted by Crippen LogP contribution is 2.37. The van der Waals surface area contributed by atoms with Crippen molar-refractivity contribution in [1.82, 2.24) is 15.0 Å². The first-order chi connectivity index (χ1) is 17.0. The van der Waals surface area contributed by atoms with Crippen molar-refractivity contribution < 1.29 is 4.79 Å². The quantitative estimate of drug-likeness (QED) is 0.356. The van der Waals surface area contributed by atoms with Crippen LogP contribution in [-0.2, 0) is 0 Å². The van der Waals surface area contributed by atoms with E-state index in [9.17, 15) is 4.79 Å². The van der Waals surface area contributed by atoms with E-state index in [1.54, 1.807) is 18.3 Å². The van der Waals surface area contributed by atoms with Crippen LogP contribution in [-0.4, -0.2) is 20.9 Å². The molecule has 0 aliphatic carbocycles. The minimum atomic E-state index is -0.611. The van der Waals surface area contributed by atoms with Crippen LogP contribution in [0.5, 0.6) is 0 Å². The van der Waals surface area contributed by atoms with Gasteiger partial charge in [0.15, 0.2) is 5.65 Å². The van der Waals surface area contributed by atoms with E-state index in [0.29, 0.717) is 38.7 Å². The van der Waals surface area contributed by atoms with Gasteiger partial charge in [-0.05, 0) is 53.9 Å². The van der Waals surface area contributed by atoms with Crippen molar-refractivity contribution in [1.29, 1.82) is 5.26 Å². The second-order valence-electron chi connectivity index (χ2n) is 7.84. The monoisotopic (exact) mass is 471 g/mol. The topological polar surface area (TPSA) is 106 Å². The number of hydrogen-bond acceptors (Lipinski definition) is 6. The summed E-state index contributed by atoms with van der Waals surface area (Å²) in [4.78, 5) is 26.5. The maximum atomic E-state index is 12.7. The molecule has 0 atom stereocenters. The Kier molecular flexibility index (Phi) is 5.54. The van der Waals surface area contributed by atoms with Crippen LogP contribution < -0.4 is 5.73 Å². The second-order valence-corrected chi connectivity index (χ2v) is 8.87. The number of amides is 1. The smallest absolute Gasteiger partial charge is 0.251 e. The molecule has 0 bridgehead atoms. The van der Waals surface area contributed by atoms with Gasteiger partial charge < -0.3 is 5.73 Å². The molecule has 0 saturated carbocycles. The van der Waals surface area contributed by atoms with Gasteiger partial charge in [-0.25, -0.2) is 15.0 Å². The lowest BCUT2D eigenvalue weighted by Gasteiger charge is -2.13. The van der Waals surface area contributed by atoms with Gasteiger partial charge in [-0.3, -0.25) is 4.79 Å². The van der Waals surface area contributed by atoms with Crippen LogP contribution in [0.2, 0.25) is 0 Å². The third kappa shape index (κ3) is 4.02. The van der Waals surface area contributed by atoms with E-state index in [-0.39, 0.29) is 5.56 Å². The molecule has 0 aliphatic heterocycles. The minimum absolute atomic E-state index is 0.268. The Labute approximate surface area is 205 Å². The molecular weight excluding hydrogens is 454 g/mol. The molecule has 0 unspecified atom stereocenters. The van der Waals surface area contributed by atoms with Crippen LogP contribution >= 0.6 is 11.3 Å². The summed E-state index contributed by atoms with van der Waals surface area (Å²) in [5.74, 6) is 2.06. The average Bonchev–Trinajstić information content (AvgIpc) is 3.31. The van der Waals surface area contributed by atoms with Gasteiger partial charge in [0.25, 0.3) is 5.91 Å². The van der Waals surface area contributed by atoms with Crippen molar-refractivity contribution in [3.05, 3.63) is 89.2 Å². The van der Waals surface area contributed by atoms with Crippen molar-refractivity contribution in [2.45, 2.75) is 6.92 Å². The number of rotatable bonds is 4. The number of terminal acetylenes is 1. The van der Waals surface area contributed by atoms with Gasteiger partial charge in [-0.1, -0.05) is 36.3 Å². The summed E-state index contributed by atoms with van der Waals surface area (Å²) < 4.78 is 0.839. The molecule has 1 amide bonds. The minimum Gasteiger partial charge on any atom is -0.366 e. The molecule has 7 heteroatoms. The number of nitriles is 1. The molecule has 6 nitrogen and oxygen atoms in total. The highest BCUT2D eigenvalue weighted by Gasteiger charge is 2.23. The van der Waals surface area contributed by atoms with Crippen molar-refractivity contribution in [2.75, 3.05) is 0 Å². The van der Waals surface area contributed by atoms with E-state index in [1.807, 2.05) is 55.5 Å². The van der Waals surface area contributed by atoms with Crippen LogP contribution in [0.25, 0.3) is 43.3 Å². The number of nitrogens with two attached hydrogens (primary N) is 1. The van der Waals surface area contributed by atoms with Gasteiger partial charge in [-0.2, -0.15) is 5.26 Å². The predicted octanol–water partition coefficient (Wildman–Crippen LogP) is 5.35. The fraction of sp³-hybridized carbons (Fsp3) is 0.0357. The number of hydrogen-bond donors (Lipinski definition) is 1. The van der Waals surface area contributed by atoms with Gasteiger partial charge in [0, 0.05) is 23.0 Å². The first-order valence-corrected chi connectivity index (χ1v) is 11.4. The van der Waals surface area contributed by atoms with Gasteiger partial charge in [0.1, 0.15) is 10.7 Å². The molecule has 5 rings (SSSR count). The zero-order valence-electron chi connectivity index (χ0n) is 18.6. The molecule has 0 spiro atoms. The Morgan fingerprint density at radius 3 is 2.51 bits per heavy atom. The highest BCUT2D eigenvalue weighted by atomic mass is 32.1. The molecule has 166 valence electrons. The predicted molar refractivity (Wildman–Crippen MR) is 137 cm³/mol. The summed E-state index contributed by atoms with van der Waals surface area (Å²) >= 11 is 1.38.